The molecule has 1 aliphatic carbocycles. The van der Waals surface area contributed by atoms with Gasteiger partial charge in [0.25, 0.3) is 0 Å². The minimum Gasteiger partial charge on any atom is -0.396 e. The largest absolute Gasteiger partial charge is 0.396 e. The predicted octanol–water partition coefficient (Wildman–Crippen LogP) is 0.899. The first-order valence-electron chi connectivity index (χ1n) is 6.41. The molecule has 1 aromatic rings. The zero-order valence-electron chi connectivity index (χ0n) is 10.7. The van der Waals surface area contributed by atoms with Gasteiger partial charge in [-0.05, 0) is 24.7 Å². The molecule has 0 radical (unpaired) electrons. The van der Waals surface area contributed by atoms with Crippen LogP contribution in [0.15, 0.2) is 6.07 Å². The highest BCUT2D eigenvalue weighted by molar-refractivity contribution is 5.47. The SMILES string of the molecule is CCc1nc(NN)cc(NCC2(CCO)CC2)n1. The van der Waals surface area contributed by atoms with Crippen molar-refractivity contribution in [3.63, 3.8) is 0 Å². The van der Waals surface area contributed by atoms with Crippen LogP contribution in [0.1, 0.15) is 32.0 Å². The second-order valence-electron chi connectivity index (χ2n) is 4.88. The van der Waals surface area contributed by atoms with Crippen molar-refractivity contribution in [3.8, 4) is 0 Å². The number of nitrogen functional groups attached to an aromatic ring is 1. The van der Waals surface area contributed by atoms with Crippen molar-refractivity contribution in [3.05, 3.63) is 11.9 Å². The Morgan fingerprint density at radius 3 is 2.67 bits per heavy atom. The van der Waals surface area contributed by atoms with Gasteiger partial charge in [0.15, 0.2) is 0 Å². The third kappa shape index (κ3) is 3.08. The maximum Gasteiger partial charge on any atom is 0.145 e. The Balaban J connectivity index is 2.00. The van der Waals surface area contributed by atoms with Crippen LogP contribution in [0.4, 0.5) is 11.6 Å². The Hall–Kier alpha value is -1.40. The molecule has 0 unspecified atom stereocenters. The van der Waals surface area contributed by atoms with Crippen LogP contribution in [-0.2, 0) is 6.42 Å². The van der Waals surface area contributed by atoms with E-state index in [1.807, 2.05) is 6.92 Å². The molecule has 5 N–H and O–H groups in total. The van der Waals surface area contributed by atoms with Gasteiger partial charge in [0.05, 0.1) is 0 Å². The molecule has 0 saturated heterocycles. The van der Waals surface area contributed by atoms with Gasteiger partial charge in [0.2, 0.25) is 0 Å². The lowest BCUT2D eigenvalue weighted by molar-refractivity contribution is 0.253. The van der Waals surface area contributed by atoms with Gasteiger partial charge in [-0.3, -0.25) is 0 Å². The van der Waals surface area contributed by atoms with Gasteiger partial charge in [-0.25, -0.2) is 15.8 Å². The molecule has 1 heterocycles. The summed E-state index contributed by atoms with van der Waals surface area (Å²) in [6.07, 6.45) is 3.97. The van der Waals surface area contributed by atoms with E-state index in [1.54, 1.807) is 6.07 Å². The number of hydrogen-bond donors (Lipinski definition) is 4. The van der Waals surface area contributed by atoms with Crippen molar-refractivity contribution in [1.82, 2.24) is 9.97 Å². The zero-order valence-corrected chi connectivity index (χ0v) is 10.7. The van der Waals surface area contributed by atoms with Crippen molar-refractivity contribution < 1.29 is 5.11 Å². The molecule has 0 aliphatic heterocycles. The lowest BCUT2D eigenvalue weighted by atomic mass is 10.0. The fraction of sp³-hybridized carbons (Fsp3) is 0.667. The molecule has 0 aromatic carbocycles. The molecule has 18 heavy (non-hydrogen) atoms. The molecular formula is C12H21N5O. The second-order valence-corrected chi connectivity index (χ2v) is 4.88. The smallest absolute Gasteiger partial charge is 0.145 e. The average molecular weight is 251 g/mol. The standard InChI is InChI=1S/C12H21N5O/c1-2-9-15-10(7-11(16-9)17-13)14-8-12(3-4-12)5-6-18/h7,18H,2-6,8,13H2,1H3,(H2,14,15,16,17). The van der Waals surface area contributed by atoms with Gasteiger partial charge in [0.1, 0.15) is 17.5 Å². The summed E-state index contributed by atoms with van der Waals surface area (Å²) in [6.45, 7) is 3.10. The molecule has 0 bridgehead atoms. The van der Waals surface area contributed by atoms with E-state index in [0.29, 0.717) is 5.82 Å². The molecule has 0 spiro atoms. The number of anilines is 2. The van der Waals surface area contributed by atoms with Crippen molar-refractivity contribution in [1.29, 1.82) is 0 Å². The Bertz CT molecular complexity index is 383. The van der Waals surface area contributed by atoms with Crippen molar-refractivity contribution >= 4 is 11.6 Å². The fourth-order valence-electron chi connectivity index (χ4n) is 2.03. The number of aryl methyl sites for hydroxylation is 1. The average Bonchev–Trinajstić information content (AvgIpc) is 3.16. The number of aromatic nitrogens is 2. The highest BCUT2D eigenvalue weighted by Crippen LogP contribution is 2.48. The first kappa shape index (κ1) is 13.0. The summed E-state index contributed by atoms with van der Waals surface area (Å²) in [5.74, 6) is 7.56. The molecule has 0 amide bonds. The van der Waals surface area contributed by atoms with E-state index in [9.17, 15) is 0 Å². The summed E-state index contributed by atoms with van der Waals surface area (Å²) >= 11 is 0. The van der Waals surface area contributed by atoms with Crippen LogP contribution in [0.2, 0.25) is 0 Å². The van der Waals surface area contributed by atoms with Crippen LogP contribution in [0, 0.1) is 5.41 Å². The van der Waals surface area contributed by atoms with E-state index in [1.165, 1.54) is 12.8 Å². The molecule has 2 rings (SSSR count). The summed E-state index contributed by atoms with van der Waals surface area (Å²) in [4.78, 5) is 8.65. The van der Waals surface area contributed by atoms with Crippen LogP contribution in [0.5, 0.6) is 0 Å². The molecule has 1 fully saturated rings. The number of aliphatic hydroxyl groups is 1. The molecule has 0 atom stereocenters. The van der Waals surface area contributed by atoms with Crippen LogP contribution in [-0.4, -0.2) is 28.2 Å². The van der Waals surface area contributed by atoms with Gasteiger partial charge < -0.3 is 15.8 Å². The van der Waals surface area contributed by atoms with E-state index in [4.69, 9.17) is 10.9 Å². The van der Waals surface area contributed by atoms with Gasteiger partial charge in [0, 0.05) is 25.6 Å². The zero-order chi connectivity index (χ0) is 13.0. The summed E-state index contributed by atoms with van der Waals surface area (Å²) in [5.41, 5.74) is 2.82. The fourth-order valence-corrected chi connectivity index (χ4v) is 2.03. The maximum atomic E-state index is 9.02. The van der Waals surface area contributed by atoms with Crippen molar-refractivity contribution in [2.24, 2.45) is 11.3 Å². The Kier molecular flexibility index (Phi) is 3.98. The Morgan fingerprint density at radius 1 is 1.39 bits per heavy atom. The first-order chi connectivity index (χ1) is 8.71. The minimum atomic E-state index is 0.251. The second kappa shape index (κ2) is 5.49. The minimum absolute atomic E-state index is 0.251. The normalized spacial score (nSPS) is 16.4. The monoisotopic (exact) mass is 251 g/mol. The van der Waals surface area contributed by atoms with E-state index in [-0.39, 0.29) is 12.0 Å². The maximum absolute atomic E-state index is 9.02. The summed E-state index contributed by atoms with van der Waals surface area (Å²) in [7, 11) is 0. The molecule has 6 nitrogen and oxygen atoms in total. The number of nitrogens with zero attached hydrogens (tertiary/aromatic N) is 2. The quantitative estimate of drug-likeness (QED) is 0.425. The molecular weight excluding hydrogens is 230 g/mol. The molecule has 1 aliphatic rings. The lowest BCUT2D eigenvalue weighted by Gasteiger charge is -2.15. The molecule has 1 saturated carbocycles. The van der Waals surface area contributed by atoms with E-state index in [2.05, 4.69) is 20.7 Å². The Labute approximate surface area is 107 Å². The van der Waals surface area contributed by atoms with Crippen LogP contribution in [0.3, 0.4) is 0 Å². The topological polar surface area (TPSA) is 96.1 Å². The van der Waals surface area contributed by atoms with Crippen LogP contribution >= 0.6 is 0 Å². The van der Waals surface area contributed by atoms with E-state index in [0.717, 1.165) is 31.0 Å². The molecule has 6 heteroatoms. The van der Waals surface area contributed by atoms with Gasteiger partial charge in [-0.15, -0.1) is 0 Å². The number of nitrogens with two attached hydrogens (primary N) is 1. The molecule has 100 valence electrons. The number of hydrogen-bond acceptors (Lipinski definition) is 6. The van der Waals surface area contributed by atoms with Gasteiger partial charge >= 0.3 is 0 Å². The highest BCUT2D eigenvalue weighted by atomic mass is 16.3. The van der Waals surface area contributed by atoms with Crippen molar-refractivity contribution in [2.75, 3.05) is 23.9 Å². The summed E-state index contributed by atoms with van der Waals surface area (Å²) in [6, 6.07) is 1.80. The third-order valence-corrected chi connectivity index (χ3v) is 3.48. The van der Waals surface area contributed by atoms with Gasteiger partial charge in [-0.1, -0.05) is 6.92 Å². The van der Waals surface area contributed by atoms with Crippen LogP contribution in [0.25, 0.3) is 0 Å². The van der Waals surface area contributed by atoms with Crippen molar-refractivity contribution in [2.45, 2.75) is 32.6 Å². The first-order valence-corrected chi connectivity index (χ1v) is 6.41. The summed E-state index contributed by atoms with van der Waals surface area (Å²) in [5, 5.41) is 12.3. The van der Waals surface area contributed by atoms with Gasteiger partial charge in [-0.2, -0.15) is 0 Å². The third-order valence-electron chi connectivity index (χ3n) is 3.48. The number of rotatable bonds is 7. The Morgan fingerprint density at radius 2 is 2.11 bits per heavy atom. The number of nitrogens with one attached hydrogen (secondary N) is 2. The number of hydrazine groups is 1. The van der Waals surface area contributed by atoms with Crippen LogP contribution < -0.4 is 16.6 Å². The molecule has 1 aromatic heterocycles. The predicted molar refractivity (Wildman–Crippen MR) is 71.1 cm³/mol. The highest BCUT2D eigenvalue weighted by Gasteiger charge is 2.41. The van der Waals surface area contributed by atoms with E-state index < -0.39 is 0 Å². The number of aliphatic hydroxyl groups excluding tert-OH is 1. The lowest BCUT2D eigenvalue weighted by Crippen LogP contribution is -2.18. The summed E-state index contributed by atoms with van der Waals surface area (Å²) < 4.78 is 0. The van der Waals surface area contributed by atoms with E-state index >= 15 is 0 Å².